The van der Waals surface area contributed by atoms with Crippen LogP contribution in [0.5, 0.6) is 5.75 Å². The summed E-state index contributed by atoms with van der Waals surface area (Å²) in [5, 5.41) is 0. The van der Waals surface area contributed by atoms with E-state index in [2.05, 4.69) is 0 Å². The van der Waals surface area contributed by atoms with Gasteiger partial charge in [0.25, 0.3) is 0 Å². The van der Waals surface area contributed by atoms with Gasteiger partial charge in [-0.1, -0.05) is 47.9 Å². The number of fused-ring (bicyclic) bond motifs is 1. The number of ether oxygens (including phenoxy) is 3. The van der Waals surface area contributed by atoms with Crippen LogP contribution in [0.2, 0.25) is 0 Å². The monoisotopic (exact) mass is 587 g/mol. The Balaban J connectivity index is 1.87. The molecule has 0 radical (unpaired) electrons. The van der Waals surface area contributed by atoms with Gasteiger partial charge in [0, 0.05) is 17.2 Å². The first kappa shape index (κ1) is 28.8. The molecule has 0 saturated heterocycles. The predicted molar refractivity (Wildman–Crippen MR) is 155 cm³/mol. The maximum Gasteiger partial charge on any atom is 0.346 e. The van der Waals surface area contributed by atoms with Crippen LogP contribution in [0.15, 0.2) is 56.5 Å². The first-order valence-electron chi connectivity index (χ1n) is 11.9. The van der Waals surface area contributed by atoms with E-state index >= 15 is 0 Å². The van der Waals surface area contributed by atoms with E-state index in [0.717, 1.165) is 23.5 Å². The average molecular weight is 588 g/mol. The zero-order valence-electron chi connectivity index (χ0n) is 22.0. The lowest BCUT2D eigenvalue weighted by atomic mass is 9.83. The fourth-order valence-electron chi connectivity index (χ4n) is 4.35. The van der Waals surface area contributed by atoms with Crippen molar-refractivity contribution in [2.75, 3.05) is 25.7 Å². The fourth-order valence-corrected chi connectivity index (χ4v) is 7.39. The highest BCUT2D eigenvalue weighted by atomic mass is 32.2. The van der Waals surface area contributed by atoms with E-state index < -0.39 is 17.5 Å². The Kier molecular flexibility index (Phi) is 8.53. The highest BCUT2D eigenvalue weighted by Gasteiger charge is 2.46. The highest BCUT2D eigenvalue weighted by Crippen LogP contribution is 2.56. The van der Waals surface area contributed by atoms with Crippen molar-refractivity contribution >= 4 is 69.7 Å². The lowest BCUT2D eigenvalue weighted by Crippen LogP contribution is -2.56. The first-order chi connectivity index (χ1) is 18.5. The quantitative estimate of drug-likeness (QED) is 0.241. The van der Waals surface area contributed by atoms with E-state index in [9.17, 15) is 18.8 Å². The molecule has 39 heavy (non-hydrogen) atoms. The van der Waals surface area contributed by atoms with Gasteiger partial charge in [0.2, 0.25) is 5.91 Å². The van der Waals surface area contributed by atoms with Gasteiger partial charge in [-0.25, -0.2) is 14.0 Å². The Labute approximate surface area is 239 Å². The predicted octanol–water partition coefficient (Wildman–Crippen LogP) is 5.67. The summed E-state index contributed by atoms with van der Waals surface area (Å²) < 4.78 is 29.6. The molecule has 0 aliphatic carbocycles. The zero-order chi connectivity index (χ0) is 28.5. The zero-order valence-corrected chi connectivity index (χ0v) is 24.4. The van der Waals surface area contributed by atoms with Crippen LogP contribution in [-0.4, -0.2) is 49.1 Å². The van der Waals surface area contributed by atoms with Crippen molar-refractivity contribution in [2.45, 2.75) is 32.7 Å². The second-order valence-electron chi connectivity index (χ2n) is 9.04. The number of thioether (sulfide) groups is 2. The topological polar surface area (TPSA) is 82.1 Å². The van der Waals surface area contributed by atoms with Crippen LogP contribution < -0.4 is 9.64 Å². The molecular weight excluding hydrogens is 562 g/mol. The van der Waals surface area contributed by atoms with Gasteiger partial charge >= 0.3 is 11.9 Å². The Bertz CT molecular complexity index is 1400. The number of anilines is 1. The van der Waals surface area contributed by atoms with Crippen molar-refractivity contribution in [1.29, 1.82) is 0 Å². The van der Waals surface area contributed by atoms with E-state index in [0.29, 0.717) is 43.8 Å². The molecule has 0 spiro atoms. The van der Waals surface area contributed by atoms with E-state index in [1.54, 1.807) is 29.2 Å². The molecule has 0 N–H and O–H groups in total. The molecule has 1 amide bonds. The lowest BCUT2D eigenvalue weighted by Gasteiger charge is -2.45. The number of carbonyl (C=O) groups is 3. The molecule has 2 heterocycles. The van der Waals surface area contributed by atoms with Crippen LogP contribution in [0, 0.1) is 5.82 Å². The summed E-state index contributed by atoms with van der Waals surface area (Å²) in [6.45, 7) is 5.98. The summed E-state index contributed by atoms with van der Waals surface area (Å²) in [6.07, 6.45) is 0.0283. The van der Waals surface area contributed by atoms with E-state index in [1.807, 2.05) is 26.8 Å². The van der Waals surface area contributed by atoms with Gasteiger partial charge in [-0.2, -0.15) is 0 Å². The second kappa shape index (κ2) is 11.5. The number of amides is 1. The third-order valence-corrected chi connectivity index (χ3v) is 9.45. The molecule has 2 aromatic carbocycles. The number of hydrogen-bond donors (Lipinski definition) is 0. The number of nitrogens with zero attached hydrogens (tertiary/aromatic N) is 1. The number of methoxy groups -OCH3 is 2. The summed E-state index contributed by atoms with van der Waals surface area (Å²) in [5.74, 6) is -1.37. The Morgan fingerprint density at radius 3 is 2.10 bits per heavy atom. The molecule has 2 aliphatic heterocycles. The number of carbonyl (C=O) groups excluding carboxylic acids is 3. The van der Waals surface area contributed by atoms with Crippen molar-refractivity contribution < 1.29 is 33.0 Å². The van der Waals surface area contributed by atoms with Crippen LogP contribution >= 0.6 is 35.7 Å². The Morgan fingerprint density at radius 1 is 0.974 bits per heavy atom. The normalized spacial score (nSPS) is 16.3. The smallest absolute Gasteiger partial charge is 0.346 e. The summed E-state index contributed by atoms with van der Waals surface area (Å²) in [7, 11) is 2.48. The molecule has 0 aromatic heterocycles. The number of hydrogen-bond acceptors (Lipinski definition) is 9. The molecule has 4 rings (SSSR count). The van der Waals surface area contributed by atoms with Crippen molar-refractivity contribution in [2.24, 2.45) is 0 Å². The van der Waals surface area contributed by atoms with Gasteiger partial charge in [-0.15, -0.1) is 0 Å². The van der Waals surface area contributed by atoms with Crippen LogP contribution in [0.4, 0.5) is 10.1 Å². The van der Waals surface area contributed by atoms with Gasteiger partial charge in [0.15, 0.2) is 0 Å². The minimum absolute atomic E-state index is 0.0283. The molecule has 204 valence electrons. The highest BCUT2D eigenvalue weighted by molar-refractivity contribution is 8.29. The lowest BCUT2D eigenvalue weighted by molar-refractivity contribution is -0.138. The number of esters is 2. The van der Waals surface area contributed by atoms with Crippen LogP contribution in [0.3, 0.4) is 0 Å². The summed E-state index contributed by atoms with van der Waals surface area (Å²) in [6, 6.07) is 11.2. The third kappa shape index (κ3) is 5.48. The average Bonchev–Trinajstić information content (AvgIpc) is 3.35. The minimum atomic E-state index is -0.979. The molecular formula is C28H26FNO6S3. The molecule has 0 atom stereocenters. The van der Waals surface area contributed by atoms with Crippen molar-refractivity contribution in [3.8, 4) is 5.75 Å². The molecule has 0 bridgehead atoms. The van der Waals surface area contributed by atoms with Crippen LogP contribution in [0.25, 0.3) is 5.57 Å². The largest absolute Gasteiger partial charge is 0.494 e. The minimum Gasteiger partial charge on any atom is -0.494 e. The van der Waals surface area contributed by atoms with E-state index in [-0.39, 0.29) is 28.0 Å². The first-order valence-corrected chi connectivity index (χ1v) is 14.0. The van der Waals surface area contributed by atoms with Gasteiger partial charge in [0.1, 0.15) is 21.4 Å². The number of thiocarbonyl (C=S) groups is 1. The summed E-state index contributed by atoms with van der Waals surface area (Å²) in [4.78, 5) is 41.1. The van der Waals surface area contributed by atoms with Gasteiger partial charge in [-0.05, 0) is 50.6 Å². The molecule has 2 aromatic rings. The second-order valence-corrected chi connectivity index (χ2v) is 11.7. The molecule has 11 heteroatoms. The van der Waals surface area contributed by atoms with Gasteiger partial charge < -0.3 is 19.1 Å². The van der Waals surface area contributed by atoms with E-state index in [4.69, 9.17) is 26.4 Å². The molecule has 2 aliphatic rings. The molecule has 0 unspecified atom stereocenters. The van der Waals surface area contributed by atoms with Crippen molar-refractivity contribution in [3.63, 3.8) is 0 Å². The maximum atomic E-state index is 13.8. The third-order valence-electron chi connectivity index (χ3n) is 6.19. The SMILES string of the molecule is CCOc1ccc2c(c1)N(C(=O)Cc1ccc(F)cc1)C(C)(C)C(=S)C2=C1SC(C(=O)OC)=C(C(=O)OC)S1. The summed E-state index contributed by atoms with van der Waals surface area (Å²) in [5.41, 5.74) is 1.54. The number of rotatable bonds is 6. The molecule has 0 fully saturated rings. The summed E-state index contributed by atoms with van der Waals surface area (Å²) >= 11 is 8.17. The van der Waals surface area contributed by atoms with Crippen LogP contribution in [-0.2, 0) is 30.3 Å². The molecule has 0 saturated carbocycles. The molecule has 7 nitrogen and oxygen atoms in total. The Hall–Kier alpha value is -3.15. The fraction of sp³-hybridized carbons (Fsp3) is 0.286. The van der Waals surface area contributed by atoms with Crippen molar-refractivity contribution in [3.05, 3.63) is 73.5 Å². The van der Waals surface area contributed by atoms with Gasteiger partial charge in [-0.3, -0.25) is 4.79 Å². The standard InChI is InChI=1S/C28H26FNO6S3/c1-6-36-17-11-12-18-19(14-17)30(20(31)13-15-7-9-16(29)10-8-15)28(2,3)24(37)21(18)27-38-22(25(32)34-4)23(39-27)26(33)35-5/h7-12,14H,6,13H2,1-5H3. The maximum absolute atomic E-state index is 13.8. The number of halogens is 1. The number of benzene rings is 2. The van der Waals surface area contributed by atoms with E-state index in [1.165, 1.54) is 26.4 Å². The van der Waals surface area contributed by atoms with Crippen molar-refractivity contribution in [1.82, 2.24) is 0 Å². The van der Waals surface area contributed by atoms with Gasteiger partial charge in [0.05, 0.1) is 47.6 Å². The Morgan fingerprint density at radius 2 is 1.56 bits per heavy atom. The van der Waals surface area contributed by atoms with Crippen LogP contribution in [0.1, 0.15) is 31.9 Å².